The smallest absolute Gasteiger partial charge is 0.0414 e. The number of unbranched alkanes of at least 4 members (excludes halogenated alkanes) is 4. The molecular formula is C19H40. The predicted molar refractivity (Wildman–Crippen MR) is 89.6 cm³/mol. The summed E-state index contributed by atoms with van der Waals surface area (Å²) in [6, 6.07) is 0. The normalized spacial score (nSPS) is 16.6. The molecule has 0 radical (unpaired) electrons. The van der Waals surface area contributed by atoms with E-state index in [9.17, 15) is 0 Å². The van der Waals surface area contributed by atoms with E-state index in [1.165, 1.54) is 57.8 Å². The van der Waals surface area contributed by atoms with Crippen molar-refractivity contribution in [2.75, 3.05) is 0 Å². The van der Waals surface area contributed by atoms with Gasteiger partial charge in [-0.1, -0.05) is 92.9 Å². The summed E-state index contributed by atoms with van der Waals surface area (Å²) < 4.78 is 0. The molecule has 0 spiro atoms. The molecule has 0 aromatic heterocycles. The number of hydrogen-bond acceptors (Lipinski definition) is 0. The maximum absolute atomic E-state index is 2.47. The molecule has 0 aliphatic carbocycles. The van der Waals surface area contributed by atoms with E-state index in [4.69, 9.17) is 0 Å². The molecule has 0 nitrogen and oxygen atoms in total. The van der Waals surface area contributed by atoms with Crippen molar-refractivity contribution in [1.29, 1.82) is 0 Å². The first-order valence-electron chi connectivity index (χ1n) is 8.97. The van der Waals surface area contributed by atoms with Crippen molar-refractivity contribution in [3.05, 3.63) is 0 Å². The van der Waals surface area contributed by atoms with Crippen LogP contribution in [0.1, 0.15) is 99.3 Å². The Balaban J connectivity index is 3.63. The summed E-state index contributed by atoms with van der Waals surface area (Å²) in [5.74, 6) is 3.61. The first-order chi connectivity index (χ1) is 8.97. The molecule has 0 saturated heterocycles. The Morgan fingerprint density at radius 2 is 1.26 bits per heavy atom. The maximum Gasteiger partial charge on any atom is -0.0414 e. The summed E-state index contributed by atoms with van der Waals surface area (Å²) >= 11 is 0. The lowest BCUT2D eigenvalue weighted by Crippen LogP contribution is -2.13. The first-order valence-corrected chi connectivity index (χ1v) is 8.97. The van der Waals surface area contributed by atoms with E-state index in [0.29, 0.717) is 0 Å². The van der Waals surface area contributed by atoms with Crippen LogP contribution in [0.15, 0.2) is 0 Å². The molecule has 0 heterocycles. The zero-order valence-electron chi connectivity index (χ0n) is 14.7. The minimum Gasteiger partial charge on any atom is -0.0654 e. The molecule has 0 aliphatic heterocycles. The predicted octanol–water partition coefficient (Wildman–Crippen LogP) is 7.08. The first kappa shape index (κ1) is 19.0. The molecule has 3 unspecified atom stereocenters. The third-order valence-electron chi connectivity index (χ3n) is 4.75. The molecule has 0 rings (SSSR count). The fourth-order valence-electron chi connectivity index (χ4n) is 2.96. The van der Waals surface area contributed by atoms with Gasteiger partial charge in [0.2, 0.25) is 0 Å². The van der Waals surface area contributed by atoms with Crippen molar-refractivity contribution in [3.8, 4) is 0 Å². The van der Waals surface area contributed by atoms with Gasteiger partial charge in [-0.3, -0.25) is 0 Å². The van der Waals surface area contributed by atoms with Gasteiger partial charge in [-0.25, -0.2) is 0 Å². The lowest BCUT2D eigenvalue weighted by molar-refractivity contribution is 0.276. The lowest BCUT2D eigenvalue weighted by atomic mass is 9.82. The number of hydrogen-bond donors (Lipinski definition) is 0. The van der Waals surface area contributed by atoms with Crippen molar-refractivity contribution in [2.45, 2.75) is 99.3 Å². The fraction of sp³-hybridized carbons (Fsp3) is 1.00. The van der Waals surface area contributed by atoms with Gasteiger partial charge in [0.25, 0.3) is 0 Å². The maximum atomic E-state index is 2.47. The van der Waals surface area contributed by atoms with Gasteiger partial charge in [-0.15, -0.1) is 0 Å². The summed E-state index contributed by atoms with van der Waals surface area (Å²) in [5.41, 5.74) is 0. The molecule has 19 heavy (non-hydrogen) atoms. The van der Waals surface area contributed by atoms with E-state index >= 15 is 0 Å². The largest absolute Gasteiger partial charge is 0.0654 e. The van der Waals surface area contributed by atoms with E-state index in [2.05, 4.69) is 41.5 Å². The molecule has 0 fully saturated rings. The fourth-order valence-corrected chi connectivity index (χ4v) is 2.96. The molecule has 0 bridgehead atoms. The van der Waals surface area contributed by atoms with Crippen molar-refractivity contribution >= 4 is 0 Å². The van der Waals surface area contributed by atoms with Crippen LogP contribution in [0.2, 0.25) is 0 Å². The summed E-state index contributed by atoms with van der Waals surface area (Å²) in [4.78, 5) is 0. The van der Waals surface area contributed by atoms with Gasteiger partial charge in [0.15, 0.2) is 0 Å². The van der Waals surface area contributed by atoms with Gasteiger partial charge in [0.05, 0.1) is 0 Å². The third-order valence-corrected chi connectivity index (χ3v) is 4.75. The molecule has 0 heteroatoms. The van der Waals surface area contributed by atoms with Gasteiger partial charge < -0.3 is 0 Å². The third kappa shape index (κ3) is 11.5. The second kappa shape index (κ2) is 11.8. The second-order valence-electron chi connectivity index (χ2n) is 7.47. The Labute approximate surface area is 123 Å². The van der Waals surface area contributed by atoms with Crippen molar-refractivity contribution < 1.29 is 0 Å². The summed E-state index contributed by atoms with van der Waals surface area (Å²) in [5, 5.41) is 0. The van der Waals surface area contributed by atoms with E-state index in [1.807, 2.05) is 0 Å². The van der Waals surface area contributed by atoms with Gasteiger partial charge in [0, 0.05) is 0 Å². The monoisotopic (exact) mass is 268 g/mol. The van der Waals surface area contributed by atoms with E-state index in [0.717, 1.165) is 23.7 Å². The number of rotatable bonds is 12. The van der Waals surface area contributed by atoms with Crippen LogP contribution in [0.5, 0.6) is 0 Å². The molecule has 0 aliphatic rings. The highest BCUT2D eigenvalue weighted by atomic mass is 14.2. The van der Waals surface area contributed by atoms with Crippen molar-refractivity contribution in [2.24, 2.45) is 23.7 Å². The minimum atomic E-state index is 0.866. The molecule has 116 valence electrons. The van der Waals surface area contributed by atoms with Crippen LogP contribution in [0.25, 0.3) is 0 Å². The molecule has 3 atom stereocenters. The highest BCUT2D eigenvalue weighted by molar-refractivity contribution is 4.67. The van der Waals surface area contributed by atoms with Gasteiger partial charge >= 0.3 is 0 Å². The zero-order valence-corrected chi connectivity index (χ0v) is 14.7. The van der Waals surface area contributed by atoms with E-state index in [-0.39, 0.29) is 0 Å². The van der Waals surface area contributed by atoms with Crippen LogP contribution in [0.4, 0.5) is 0 Å². The standard InChI is InChI=1S/C19H40/c1-7-8-9-10-11-12-17(4)15-19(6)18(5)14-13-16(2)3/h16-19H,7-15H2,1-6H3. The van der Waals surface area contributed by atoms with Crippen LogP contribution < -0.4 is 0 Å². The molecular weight excluding hydrogens is 228 g/mol. The summed E-state index contributed by atoms with van der Waals surface area (Å²) in [7, 11) is 0. The quantitative estimate of drug-likeness (QED) is 0.332. The molecule has 0 saturated carbocycles. The topological polar surface area (TPSA) is 0 Å². The Kier molecular flexibility index (Phi) is 11.8. The second-order valence-corrected chi connectivity index (χ2v) is 7.47. The van der Waals surface area contributed by atoms with Crippen LogP contribution in [0.3, 0.4) is 0 Å². The lowest BCUT2D eigenvalue weighted by Gasteiger charge is -2.24. The Hall–Kier alpha value is 0. The average Bonchev–Trinajstić information content (AvgIpc) is 2.35. The Morgan fingerprint density at radius 1 is 0.632 bits per heavy atom. The molecule has 0 amide bonds. The van der Waals surface area contributed by atoms with Gasteiger partial charge in [-0.2, -0.15) is 0 Å². The summed E-state index contributed by atoms with van der Waals surface area (Å²) in [6.45, 7) is 14.4. The van der Waals surface area contributed by atoms with Crippen LogP contribution in [-0.2, 0) is 0 Å². The highest BCUT2D eigenvalue weighted by Crippen LogP contribution is 2.27. The Bertz CT molecular complexity index is 182. The van der Waals surface area contributed by atoms with Gasteiger partial charge in [0.1, 0.15) is 0 Å². The molecule has 0 aromatic carbocycles. The average molecular weight is 269 g/mol. The van der Waals surface area contributed by atoms with Crippen LogP contribution in [-0.4, -0.2) is 0 Å². The Morgan fingerprint density at radius 3 is 1.84 bits per heavy atom. The van der Waals surface area contributed by atoms with Crippen LogP contribution >= 0.6 is 0 Å². The SMILES string of the molecule is CCCCCCCC(C)CC(C)C(C)CCC(C)C. The van der Waals surface area contributed by atoms with E-state index < -0.39 is 0 Å². The summed E-state index contributed by atoms with van der Waals surface area (Å²) in [6.07, 6.45) is 12.8. The van der Waals surface area contributed by atoms with Gasteiger partial charge in [-0.05, 0) is 30.1 Å². The van der Waals surface area contributed by atoms with Crippen LogP contribution in [0, 0.1) is 23.7 Å². The zero-order chi connectivity index (χ0) is 14.7. The molecule has 0 aromatic rings. The minimum absolute atomic E-state index is 0.866. The van der Waals surface area contributed by atoms with Crippen molar-refractivity contribution in [3.63, 3.8) is 0 Å². The van der Waals surface area contributed by atoms with Crippen molar-refractivity contribution in [1.82, 2.24) is 0 Å². The van der Waals surface area contributed by atoms with E-state index in [1.54, 1.807) is 0 Å². The highest BCUT2D eigenvalue weighted by Gasteiger charge is 2.15. The molecule has 0 N–H and O–H groups in total.